The summed E-state index contributed by atoms with van der Waals surface area (Å²) in [4.78, 5) is 31.8. The number of imidazole rings is 1. The van der Waals surface area contributed by atoms with E-state index in [1.807, 2.05) is 6.07 Å². The van der Waals surface area contributed by atoms with Crippen LogP contribution in [0.25, 0.3) is 21.9 Å². The van der Waals surface area contributed by atoms with E-state index in [0.717, 1.165) is 5.52 Å². The summed E-state index contributed by atoms with van der Waals surface area (Å²) in [5.41, 5.74) is 1.34. The number of hydrogen-bond acceptors (Lipinski definition) is 4. The Morgan fingerprint density at radius 1 is 1.30 bits per heavy atom. The van der Waals surface area contributed by atoms with Gasteiger partial charge in [-0.1, -0.05) is 23.7 Å². The molecule has 0 radical (unpaired) electrons. The number of aromatic amines is 1. The van der Waals surface area contributed by atoms with Crippen molar-refractivity contribution in [3.63, 3.8) is 0 Å². The summed E-state index contributed by atoms with van der Waals surface area (Å²) in [6.45, 7) is 0.926. The average Bonchev–Trinajstić information content (AvgIpc) is 3.48. The van der Waals surface area contributed by atoms with Crippen LogP contribution < -0.4 is 10.2 Å². The number of nitrogens with one attached hydrogen (secondary N) is 1. The number of nitrogens with zero attached hydrogens (tertiary/aromatic N) is 2. The van der Waals surface area contributed by atoms with E-state index in [1.165, 1.54) is 19.0 Å². The number of fused-ring (bicyclic) bond motifs is 2. The highest BCUT2D eigenvalue weighted by Gasteiger charge is 2.22. The molecule has 0 saturated heterocycles. The molecule has 2 aromatic heterocycles. The third-order valence-electron chi connectivity index (χ3n) is 5.29. The van der Waals surface area contributed by atoms with Gasteiger partial charge in [0.1, 0.15) is 17.1 Å². The lowest BCUT2D eigenvalue weighted by Crippen LogP contribution is -2.19. The van der Waals surface area contributed by atoms with Crippen molar-refractivity contribution in [1.82, 2.24) is 14.5 Å². The van der Waals surface area contributed by atoms with Crippen LogP contribution >= 0.6 is 11.6 Å². The maximum absolute atomic E-state index is 12.5. The van der Waals surface area contributed by atoms with Gasteiger partial charge in [-0.05, 0) is 37.0 Å². The van der Waals surface area contributed by atoms with Crippen LogP contribution in [0.1, 0.15) is 29.0 Å². The first-order valence-electron chi connectivity index (χ1n) is 9.66. The molecule has 1 aliphatic carbocycles. The minimum atomic E-state index is -1.26. The van der Waals surface area contributed by atoms with Crippen LogP contribution in [-0.4, -0.2) is 32.2 Å². The van der Waals surface area contributed by atoms with E-state index < -0.39 is 11.4 Å². The average molecular weight is 424 g/mol. The molecule has 0 unspecified atom stereocenters. The Bertz CT molecular complexity index is 1350. The Labute approximate surface area is 175 Å². The molecule has 7 nitrogen and oxygen atoms in total. The minimum Gasteiger partial charge on any atom is -0.492 e. The van der Waals surface area contributed by atoms with Gasteiger partial charge in [0.2, 0.25) is 5.43 Å². The van der Waals surface area contributed by atoms with Gasteiger partial charge in [0.05, 0.1) is 34.7 Å². The highest BCUT2D eigenvalue weighted by molar-refractivity contribution is 6.32. The van der Waals surface area contributed by atoms with Gasteiger partial charge in [-0.25, -0.2) is 9.78 Å². The molecule has 0 bridgehead atoms. The van der Waals surface area contributed by atoms with Crippen LogP contribution in [-0.2, 0) is 6.54 Å². The molecule has 1 saturated carbocycles. The van der Waals surface area contributed by atoms with Crippen molar-refractivity contribution in [2.24, 2.45) is 5.92 Å². The van der Waals surface area contributed by atoms with Gasteiger partial charge in [-0.15, -0.1) is 0 Å². The first-order chi connectivity index (χ1) is 14.5. The fourth-order valence-corrected chi connectivity index (χ4v) is 3.75. The first-order valence-corrected chi connectivity index (χ1v) is 10.0. The Balaban J connectivity index is 1.53. The fourth-order valence-electron chi connectivity index (χ4n) is 3.53. The van der Waals surface area contributed by atoms with Crippen LogP contribution in [0.4, 0.5) is 0 Å². The number of H-pyrrole nitrogens is 1. The largest absolute Gasteiger partial charge is 0.492 e. The number of para-hydroxylation sites is 1. The first kappa shape index (κ1) is 18.7. The molecule has 2 heterocycles. The summed E-state index contributed by atoms with van der Waals surface area (Å²) in [6.07, 6.45) is 3.74. The number of carboxylic acid groups (broad SMARTS) is 1. The van der Waals surface area contributed by atoms with E-state index in [1.54, 1.807) is 34.9 Å². The summed E-state index contributed by atoms with van der Waals surface area (Å²) in [5.74, 6) is 0.582. The van der Waals surface area contributed by atoms with E-state index >= 15 is 0 Å². The SMILES string of the molecule is O=C(O)c1cn(Cc2nc3cc(OCC4CC4)c(Cl)cc3[nH]2)c2ccccc2c1=O. The molecule has 0 spiro atoms. The Hall–Kier alpha value is -3.32. The van der Waals surface area contributed by atoms with Crippen molar-refractivity contribution in [3.8, 4) is 5.75 Å². The van der Waals surface area contributed by atoms with Gasteiger partial charge in [0.25, 0.3) is 0 Å². The number of aromatic carboxylic acids is 1. The van der Waals surface area contributed by atoms with Crippen LogP contribution in [0.2, 0.25) is 5.02 Å². The van der Waals surface area contributed by atoms with Gasteiger partial charge in [0, 0.05) is 17.6 Å². The van der Waals surface area contributed by atoms with Gasteiger partial charge in [-0.2, -0.15) is 0 Å². The van der Waals surface area contributed by atoms with E-state index in [0.29, 0.717) is 45.5 Å². The standard InChI is InChI=1S/C22H18ClN3O4/c23-15-7-16-17(8-19(15)30-11-12-5-6-12)25-20(24-16)10-26-9-14(22(28)29)21(27)13-3-1-2-4-18(13)26/h1-4,7-9,12H,5-6,10-11H2,(H,24,25)(H,28,29). The van der Waals surface area contributed by atoms with E-state index in [4.69, 9.17) is 16.3 Å². The van der Waals surface area contributed by atoms with Crippen molar-refractivity contribution in [3.05, 3.63) is 69.2 Å². The van der Waals surface area contributed by atoms with E-state index in [2.05, 4.69) is 9.97 Å². The number of carbonyl (C=O) groups is 1. The number of halogens is 1. The smallest absolute Gasteiger partial charge is 0.341 e. The maximum Gasteiger partial charge on any atom is 0.341 e. The zero-order valence-corrected chi connectivity index (χ0v) is 16.6. The number of pyridine rings is 1. The second-order valence-electron chi connectivity index (χ2n) is 7.56. The van der Waals surface area contributed by atoms with Gasteiger partial charge in [-0.3, -0.25) is 4.79 Å². The summed E-state index contributed by atoms with van der Waals surface area (Å²) in [6, 6.07) is 10.5. The normalized spacial score (nSPS) is 13.8. The van der Waals surface area contributed by atoms with Crippen LogP contribution in [0.5, 0.6) is 5.75 Å². The molecule has 5 rings (SSSR count). The third-order valence-corrected chi connectivity index (χ3v) is 5.59. The zero-order valence-electron chi connectivity index (χ0n) is 15.9. The zero-order chi connectivity index (χ0) is 20.8. The molecular formula is C22H18ClN3O4. The fraction of sp³-hybridized carbons (Fsp3) is 0.227. The maximum atomic E-state index is 12.5. The Kier molecular flexibility index (Phi) is 4.47. The van der Waals surface area contributed by atoms with Gasteiger partial charge >= 0.3 is 5.97 Å². The number of hydrogen-bond donors (Lipinski definition) is 2. The summed E-state index contributed by atoms with van der Waals surface area (Å²) in [5, 5.41) is 10.3. The van der Waals surface area contributed by atoms with Crippen LogP contribution in [0.3, 0.4) is 0 Å². The molecule has 8 heteroatoms. The molecule has 1 aliphatic rings. The summed E-state index contributed by atoms with van der Waals surface area (Å²) in [7, 11) is 0. The van der Waals surface area contributed by atoms with Crippen molar-refractivity contribution in [2.45, 2.75) is 19.4 Å². The van der Waals surface area contributed by atoms with Crippen molar-refractivity contribution in [2.75, 3.05) is 6.61 Å². The third kappa shape index (κ3) is 3.41. The van der Waals surface area contributed by atoms with Gasteiger partial charge < -0.3 is 19.4 Å². The molecule has 0 amide bonds. The molecule has 4 aromatic rings. The Morgan fingerprint density at radius 3 is 2.87 bits per heavy atom. The number of ether oxygens (including phenoxy) is 1. The number of rotatable bonds is 6. The lowest BCUT2D eigenvalue weighted by Gasteiger charge is -2.10. The molecule has 152 valence electrons. The molecule has 0 aliphatic heterocycles. The highest BCUT2D eigenvalue weighted by Crippen LogP contribution is 2.33. The van der Waals surface area contributed by atoms with Crippen LogP contribution in [0.15, 0.2) is 47.4 Å². The lowest BCUT2D eigenvalue weighted by molar-refractivity contribution is 0.0695. The molecule has 0 atom stereocenters. The predicted octanol–water partition coefficient (Wildman–Crippen LogP) is 4.07. The Morgan fingerprint density at radius 2 is 2.10 bits per heavy atom. The molecule has 2 N–H and O–H groups in total. The van der Waals surface area contributed by atoms with Gasteiger partial charge in [0.15, 0.2) is 0 Å². The molecule has 1 fully saturated rings. The lowest BCUT2D eigenvalue weighted by atomic mass is 10.1. The topological polar surface area (TPSA) is 97.2 Å². The number of aromatic nitrogens is 3. The van der Waals surface area contributed by atoms with E-state index in [-0.39, 0.29) is 12.1 Å². The van der Waals surface area contributed by atoms with E-state index in [9.17, 15) is 14.7 Å². The quantitative estimate of drug-likeness (QED) is 0.487. The second kappa shape index (κ2) is 7.18. The molecule has 30 heavy (non-hydrogen) atoms. The highest BCUT2D eigenvalue weighted by atomic mass is 35.5. The predicted molar refractivity (Wildman–Crippen MR) is 114 cm³/mol. The molecule has 2 aromatic carbocycles. The van der Waals surface area contributed by atoms with Crippen molar-refractivity contribution in [1.29, 1.82) is 0 Å². The monoisotopic (exact) mass is 423 g/mol. The molecular weight excluding hydrogens is 406 g/mol. The second-order valence-corrected chi connectivity index (χ2v) is 7.97. The summed E-state index contributed by atoms with van der Waals surface area (Å²) >= 11 is 6.35. The summed E-state index contributed by atoms with van der Waals surface area (Å²) < 4.78 is 7.53. The number of carboxylic acids is 1. The van der Waals surface area contributed by atoms with Crippen molar-refractivity contribution >= 4 is 39.5 Å². The number of benzene rings is 2. The minimum absolute atomic E-state index is 0.269. The van der Waals surface area contributed by atoms with Crippen LogP contribution in [0, 0.1) is 5.92 Å². The van der Waals surface area contributed by atoms with Crippen molar-refractivity contribution < 1.29 is 14.6 Å².